The zero-order valence-corrected chi connectivity index (χ0v) is 16.0. The van der Waals surface area contributed by atoms with Crippen molar-refractivity contribution < 1.29 is 4.79 Å². The molecule has 0 unspecified atom stereocenters. The van der Waals surface area contributed by atoms with Crippen molar-refractivity contribution in [1.29, 1.82) is 0 Å². The first-order valence-corrected chi connectivity index (χ1v) is 10.0. The number of rotatable bonds is 5. The predicted molar refractivity (Wildman–Crippen MR) is 109 cm³/mol. The summed E-state index contributed by atoms with van der Waals surface area (Å²) in [6, 6.07) is 18.2. The summed E-state index contributed by atoms with van der Waals surface area (Å²) in [4.78, 5) is 12.0. The fourth-order valence-corrected chi connectivity index (χ4v) is 3.76. The molecule has 4 rings (SSSR count). The summed E-state index contributed by atoms with van der Waals surface area (Å²) < 4.78 is 0. The van der Waals surface area contributed by atoms with Crippen LogP contribution in [0, 0.1) is 6.92 Å². The zero-order chi connectivity index (χ0) is 18.6. The van der Waals surface area contributed by atoms with Gasteiger partial charge in [-0.25, -0.2) is 0 Å². The first-order valence-electron chi connectivity index (χ1n) is 8.23. The van der Waals surface area contributed by atoms with E-state index in [1.165, 1.54) is 33.9 Å². The molecule has 134 valence electrons. The number of carbonyl (C=O) groups is 1. The van der Waals surface area contributed by atoms with Crippen LogP contribution in [0.15, 0.2) is 59.6 Å². The van der Waals surface area contributed by atoms with Crippen LogP contribution in [0.4, 0.5) is 5.13 Å². The van der Waals surface area contributed by atoms with Gasteiger partial charge in [0.05, 0.1) is 11.4 Å². The Morgan fingerprint density at radius 1 is 1.00 bits per heavy atom. The van der Waals surface area contributed by atoms with Crippen molar-refractivity contribution in [3.05, 3.63) is 59.6 Å². The van der Waals surface area contributed by atoms with Gasteiger partial charge in [-0.1, -0.05) is 59.5 Å². The molecule has 0 saturated carbocycles. The monoisotopic (exact) mass is 393 g/mol. The standard InChI is InChI=1S/C19H15N5OS2/c1-12-21-24-19(27-12)20-17(25)11-26-18-9-8-16(22-23-18)15-7-6-13-4-2-3-5-14(13)10-15/h2-10H,11H2,1H3,(H,20,24,25). The highest BCUT2D eigenvalue weighted by Gasteiger charge is 2.09. The fraction of sp³-hybridized carbons (Fsp3) is 0.105. The van der Waals surface area contributed by atoms with E-state index in [9.17, 15) is 4.79 Å². The molecule has 0 spiro atoms. The van der Waals surface area contributed by atoms with E-state index >= 15 is 0 Å². The Hall–Kier alpha value is -2.84. The highest BCUT2D eigenvalue weighted by Crippen LogP contribution is 2.24. The maximum Gasteiger partial charge on any atom is 0.236 e. The molecule has 27 heavy (non-hydrogen) atoms. The number of amides is 1. The quantitative estimate of drug-likeness (QED) is 0.512. The molecular weight excluding hydrogens is 378 g/mol. The van der Waals surface area contributed by atoms with Crippen LogP contribution in [0.1, 0.15) is 5.01 Å². The van der Waals surface area contributed by atoms with Gasteiger partial charge in [-0.3, -0.25) is 10.1 Å². The third-order valence-corrected chi connectivity index (χ3v) is 5.48. The summed E-state index contributed by atoms with van der Waals surface area (Å²) in [7, 11) is 0. The highest BCUT2D eigenvalue weighted by atomic mass is 32.2. The van der Waals surface area contributed by atoms with Crippen LogP contribution in [-0.4, -0.2) is 32.1 Å². The van der Waals surface area contributed by atoms with Crippen LogP contribution >= 0.6 is 23.1 Å². The molecule has 4 aromatic rings. The van der Waals surface area contributed by atoms with Crippen molar-refractivity contribution in [2.45, 2.75) is 11.9 Å². The molecule has 1 amide bonds. The van der Waals surface area contributed by atoms with E-state index < -0.39 is 0 Å². The van der Waals surface area contributed by atoms with Gasteiger partial charge in [0.1, 0.15) is 10.0 Å². The third kappa shape index (κ3) is 4.29. The summed E-state index contributed by atoms with van der Waals surface area (Å²) in [5.74, 6) is 0.0966. The number of nitrogens with zero attached hydrogens (tertiary/aromatic N) is 4. The highest BCUT2D eigenvalue weighted by molar-refractivity contribution is 7.99. The summed E-state index contributed by atoms with van der Waals surface area (Å²) in [5.41, 5.74) is 1.82. The van der Waals surface area contributed by atoms with Crippen molar-refractivity contribution in [2.24, 2.45) is 0 Å². The Bertz CT molecular complexity index is 1090. The predicted octanol–water partition coefficient (Wildman–Crippen LogP) is 4.19. The number of anilines is 1. The topological polar surface area (TPSA) is 80.7 Å². The van der Waals surface area contributed by atoms with E-state index in [1.807, 2.05) is 37.3 Å². The SMILES string of the molecule is Cc1nnc(NC(=O)CSc2ccc(-c3ccc4ccccc4c3)nn2)s1. The van der Waals surface area contributed by atoms with Crippen LogP contribution in [0.5, 0.6) is 0 Å². The van der Waals surface area contributed by atoms with E-state index in [2.05, 4.69) is 50.0 Å². The molecule has 0 atom stereocenters. The third-order valence-electron chi connectivity index (χ3n) is 3.81. The lowest BCUT2D eigenvalue weighted by molar-refractivity contribution is -0.113. The van der Waals surface area contributed by atoms with E-state index in [-0.39, 0.29) is 11.7 Å². The van der Waals surface area contributed by atoms with E-state index in [0.717, 1.165) is 16.3 Å². The van der Waals surface area contributed by atoms with E-state index in [4.69, 9.17) is 0 Å². The van der Waals surface area contributed by atoms with Gasteiger partial charge in [-0.05, 0) is 35.9 Å². The van der Waals surface area contributed by atoms with Crippen molar-refractivity contribution >= 4 is 44.9 Å². The van der Waals surface area contributed by atoms with Gasteiger partial charge in [0.25, 0.3) is 0 Å². The van der Waals surface area contributed by atoms with Gasteiger partial charge < -0.3 is 0 Å². The van der Waals surface area contributed by atoms with Gasteiger partial charge in [-0.15, -0.1) is 20.4 Å². The molecule has 6 nitrogen and oxygen atoms in total. The molecule has 0 saturated heterocycles. The van der Waals surface area contributed by atoms with Gasteiger partial charge in [0.15, 0.2) is 0 Å². The van der Waals surface area contributed by atoms with Gasteiger partial charge in [-0.2, -0.15) is 0 Å². The number of hydrogen-bond donors (Lipinski definition) is 1. The van der Waals surface area contributed by atoms with Crippen molar-refractivity contribution in [3.8, 4) is 11.3 Å². The van der Waals surface area contributed by atoms with Crippen LogP contribution < -0.4 is 5.32 Å². The summed E-state index contributed by atoms with van der Waals surface area (Å²) in [6.07, 6.45) is 0. The van der Waals surface area contributed by atoms with Crippen LogP contribution in [-0.2, 0) is 4.79 Å². The fourth-order valence-electron chi connectivity index (χ4n) is 2.54. The van der Waals surface area contributed by atoms with Crippen LogP contribution in [0.2, 0.25) is 0 Å². The maximum absolute atomic E-state index is 12.0. The number of aryl methyl sites for hydroxylation is 1. The Kier molecular flexibility index (Phi) is 5.08. The first kappa shape index (κ1) is 17.6. The number of carbonyl (C=O) groups excluding carboxylic acids is 1. The molecule has 8 heteroatoms. The number of thioether (sulfide) groups is 1. The lowest BCUT2D eigenvalue weighted by atomic mass is 10.1. The molecule has 0 fully saturated rings. The van der Waals surface area contributed by atoms with Gasteiger partial charge in [0, 0.05) is 5.56 Å². The molecule has 0 radical (unpaired) electrons. The molecule has 0 bridgehead atoms. The van der Waals surface area contributed by atoms with E-state index in [0.29, 0.717) is 10.2 Å². The molecule has 2 aromatic carbocycles. The lowest BCUT2D eigenvalue weighted by Gasteiger charge is -2.04. The maximum atomic E-state index is 12.0. The summed E-state index contributed by atoms with van der Waals surface area (Å²) in [6.45, 7) is 1.84. The normalized spacial score (nSPS) is 10.9. The van der Waals surface area contributed by atoms with Crippen molar-refractivity contribution in [3.63, 3.8) is 0 Å². The Labute approximate surface area is 164 Å². The number of aromatic nitrogens is 4. The number of fused-ring (bicyclic) bond motifs is 1. The number of nitrogens with one attached hydrogen (secondary N) is 1. The molecule has 0 aliphatic carbocycles. The average molecular weight is 393 g/mol. The molecular formula is C19H15N5OS2. The lowest BCUT2D eigenvalue weighted by Crippen LogP contribution is -2.14. The van der Waals surface area contributed by atoms with Gasteiger partial charge in [0.2, 0.25) is 11.0 Å². The minimum absolute atomic E-state index is 0.142. The first-order chi connectivity index (χ1) is 13.2. The van der Waals surface area contributed by atoms with Crippen molar-refractivity contribution in [1.82, 2.24) is 20.4 Å². The van der Waals surface area contributed by atoms with E-state index in [1.54, 1.807) is 0 Å². The Morgan fingerprint density at radius 2 is 1.85 bits per heavy atom. The van der Waals surface area contributed by atoms with Crippen LogP contribution in [0.3, 0.4) is 0 Å². The van der Waals surface area contributed by atoms with Gasteiger partial charge >= 0.3 is 0 Å². The Morgan fingerprint density at radius 3 is 2.59 bits per heavy atom. The Balaban J connectivity index is 1.40. The summed E-state index contributed by atoms with van der Waals surface area (Å²) in [5, 5.41) is 23.4. The zero-order valence-electron chi connectivity index (χ0n) is 14.4. The molecule has 0 aliphatic rings. The largest absolute Gasteiger partial charge is 0.300 e. The summed E-state index contributed by atoms with van der Waals surface area (Å²) >= 11 is 2.68. The minimum Gasteiger partial charge on any atom is -0.300 e. The van der Waals surface area contributed by atoms with Crippen LogP contribution in [0.25, 0.3) is 22.0 Å². The molecule has 2 heterocycles. The number of hydrogen-bond acceptors (Lipinski definition) is 7. The molecule has 2 aromatic heterocycles. The average Bonchev–Trinajstić information content (AvgIpc) is 3.11. The van der Waals surface area contributed by atoms with Crippen molar-refractivity contribution in [2.75, 3.05) is 11.1 Å². The minimum atomic E-state index is -0.142. The molecule has 0 aliphatic heterocycles. The number of benzene rings is 2. The second-order valence-corrected chi connectivity index (χ2v) is 7.96. The smallest absolute Gasteiger partial charge is 0.236 e. The second kappa shape index (κ2) is 7.81. The molecule has 1 N–H and O–H groups in total. The second-order valence-electron chi connectivity index (χ2n) is 5.78.